The number of benzene rings is 2. The minimum atomic E-state index is -0.162. The van der Waals surface area contributed by atoms with Crippen molar-refractivity contribution >= 4 is 40.3 Å². The van der Waals surface area contributed by atoms with Crippen molar-refractivity contribution in [1.29, 1.82) is 0 Å². The molecular formula is C23H26ClN5O2. The quantitative estimate of drug-likeness (QED) is 0.667. The zero-order chi connectivity index (χ0) is 21.8. The third-order valence-electron chi connectivity index (χ3n) is 5.57. The van der Waals surface area contributed by atoms with Crippen LogP contribution in [-0.2, 0) is 17.8 Å². The Morgan fingerprint density at radius 2 is 1.71 bits per heavy atom. The summed E-state index contributed by atoms with van der Waals surface area (Å²) in [6.07, 6.45) is 1.51. The van der Waals surface area contributed by atoms with Gasteiger partial charge in [0, 0.05) is 43.3 Å². The largest absolute Gasteiger partial charge is 0.339 e. The highest BCUT2D eigenvalue weighted by atomic mass is 35.5. The van der Waals surface area contributed by atoms with Gasteiger partial charge in [-0.2, -0.15) is 0 Å². The summed E-state index contributed by atoms with van der Waals surface area (Å²) in [7, 11) is 0. The fourth-order valence-electron chi connectivity index (χ4n) is 3.91. The van der Waals surface area contributed by atoms with Crippen molar-refractivity contribution in [3.05, 3.63) is 59.4 Å². The molecule has 1 aliphatic heterocycles. The molecule has 3 aromatic rings. The molecule has 0 radical (unpaired) electrons. The van der Waals surface area contributed by atoms with E-state index < -0.39 is 0 Å². The molecule has 0 bridgehead atoms. The van der Waals surface area contributed by atoms with Crippen LogP contribution in [0.3, 0.4) is 0 Å². The summed E-state index contributed by atoms with van der Waals surface area (Å²) in [5.74, 6) is 0.964. The number of imidazole rings is 1. The Kier molecular flexibility index (Phi) is 6.42. The minimum Gasteiger partial charge on any atom is -0.339 e. The minimum absolute atomic E-state index is 0.0535. The highest BCUT2D eigenvalue weighted by Crippen LogP contribution is 2.18. The first-order valence-electron chi connectivity index (χ1n) is 10.6. The summed E-state index contributed by atoms with van der Waals surface area (Å²) in [5, 5.41) is 3.52. The number of urea groups is 1. The molecule has 0 atom stereocenters. The summed E-state index contributed by atoms with van der Waals surface area (Å²) >= 11 is 5.90. The molecule has 0 unspecified atom stereocenters. The molecule has 1 fully saturated rings. The van der Waals surface area contributed by atoms with E-state index in [0.717, 1.165) is 29.7 Å². The second kappa shape index (κ2) is 9.39. The number of hydrogen-bond acceptors (Lipinski definition) is 3. The molecule has 4 rings (SSSR count). The molecule has 0 aliphatic carbocycles. The van der Waals surface area contributed by atoms with E-state index >= 15 is 0 Å². The van der Waals surface area contributed by atoms with Crippen molar-refractivity contribution in [2.45, 2.75) is 26.3 Å². The van der Waals surface area contributed by atoms with Gasteiger partial charge < -0.3 is 19.7 Å². The van der Waals surface area contributed by atoms with Crippen LogP contribution in [0.5, 0.6) is 0 Å². The Morgan fingerprint density at radius 3 is 2.48 bits per heavy atom. The third kappa shape index (κ3) is 4.82. The van der Waals surface area contributed by atoms with Crippen LogP contribution in [-0.4, -0.2) is 57.5 Å². The number of carbonyl (C=O) groups excluding carboxylic acids is 2. The maximum absolute atomic E-state index is 13.1. The zero-order valence-corrected chi connectivity index (χ0v) is 18.3. The fraction of sp³-hybridized carbons (Fsp3) is 0.348. The van der Waals surface area contributed by atoms with Gasteiger partial charge in [-0.25, -0.2) is 9.78 Å². The zero-order valence-electron chi connectivity index (χ0n) is 17.6. The molecule has 2 aromatic carbocycles. The number of aryl methyl sites for hydroxylation is 1. The fourth-order valence-corrected chi connectivity index (χ4v) is 4.04. The van der Waals surface area contributed by atoms with Crippen molar-refractivity contribution in [2.75, 3.05) is 31.5 Å². The number of rotatable bonds is 4. The predicted molar refractivity (Wildman–Crippen MR) is 122 cm³/mol. The lowest BCUT2D eigenvalue weighted by Crippen LogP contribution is -2.40. The van der Waals surface area contributed by atoms with Crippen LogP contribution in [0.2, 0.25) is 5.02 Å². The van der Waals surface area contributed by atoms with E-state index in [1.165, 1.54) is 0 Å². The van der Waals surface area contributed by atoms with Gasteiger partial charge in [0.1, 0.15) is 12.4 Å². The molecule has 0 spiro atoms. The van der Waals surface area contributed by atoms with Crippen molar-refractivity contribution in [3.8, 4) is 0 Å². The van der Waals surface area contributed by atoms with E-state index in [-0.39, 0.29) is 18.5 Å². The molecule has 1 N–H and O–H groups in total. The van der Waals surface area contributed by atoms with E-state index in [0.29, 0.717) is 36.9 Å². The average Bonchev–Trinajstić information content (AvgIpc) is 2.95. The van der Waals surface area contributed by atoms with E-state index in [2.05, 4.69) is 10.3 Å². The maximum atomic E-state index is 13.1. The molecule has 2 heterocycles. The van der Waals surface area contributed by atoms with Gasteiger partial charge in [-0.15, -0.1) is 0 Å². The van der Waals surface area contributed by atoms with Gasteiger partial charge in [-0.1, -0.05) is 30.7 Å². The number of nitrogens with zero attached hydrogens (tertiary/aromatic N) is 4. The van der Waals surface area contributed by atoms with Gasteiger partial charge >= 0.3 is 6.03 Å². The van der Waals surface area contributed by atoms with Gasteiger partial charge in [0.25, 0.3) is 0 Å². The Bertz CT molecular complexity index is 1080. The number of hydrogen-bond donors (Lipinski definition) is 1. The summed E-state index contributed by atoms with van der Waals surface area (Å²) < 4.78 is 2.01. The average molecular weight is 440 g/mol. The van der Waals surface area contributed by atoms with Crippen LogP contribution in [0.4, 0.5) is 10.5 Å². The first-order valence-corrected chi connectivity index (χ1v) is 11.0. The molecule has 8 heteroatoms. The van der Waals surface area contributed by atoms with Gasteiger partial charge in [-0.3, -0.25) is 4.79 Å². The first kappa shape index (κ1) is 21.2. The second-order valence-electron chi connectivity index (χ2n) is 7.61. The van der Waals surface area contributed by atoms with Gasteiger partial charge in [0.2, 0.25) is 5.91 Å². The molecule has 31 heavy (non-hydrogen) atoms. The Hall–Kier alpha value is -3.06. The number of carbonyl (C=O) groups is 2. The molecule has 0 saturated carbocycles. The molecule has 1 aliphatic rings. The predicted octanol–water partition coefficient (Wildman–Crippen LogP) is 4.02. The summed E-state index contributed by atoms with van der Waals surface area (Å²) in [4.78, 5) is 34.0. The van der Waals surface area contributed by atoms with E-state index in [1.807, 2.05) is 40.7 Å². The number of halogens is 1. The smallest absolute Gasteiger partial charge is 0.321 e. The lowest BCUT2D eigenvalue weighted by Gasteiger charge is -2.23. The van der Waals surface area contributed by atoms with E-state index in [9.17, 15) is 9.59 Å². The monoisotopic (exact) mass is 439 g/mol. The Balaban J connectivity index is 1.39. The van der Waals surface area contributed by atoms with Crippen molar-refractivity contribution in [2.24, 2.45) is 0 Å². The van der Waals surface area contributed by atoms with Crippen LogP contribution in [0.1, 0.15) is 19.2 Å². The first-order chi connectivity index (χ1) is 15.0. The van der Waals surface area contributed by atoms with Crippen LogP contribution >= 0.6 is 11.6 Å². The Morgan fingerprint density at radius 1 is 1.00 bits per heavy atom. The van der Waals surface area contributed by atoms with Crippen LogP contribution in [0, 0.1) is 0 Å². The van der Waals surface area contributed by atoms with Crippen LogP contribution < -0.4 is 5.32 Å². The highest BCUT2D eigenvalue weighted by molar-refractivity contribution is 6.30. The molecule has 3 amide bonds. The lowest BCUT2D eigenvalue weighted by molar-refractivity contribution is -0.131. The molecule has 7 nitrogen and oxygen atoms in total. The number of fused-ring (bicyclic) bond motifs is 1. The van der Waals surface area contributed by atoms with Crippen molar-refractivity contribution in [1.82, 2.24) is 19.4 Å². The number of amides is 3. The van der Waals surface area contributed by atoms with Gasteiger partial charge in [0.15, 0.2) is 0 Å². The van der Waals surface area contributed by atoms with E-state index in [4.69, 9.17) is 11.6 Å². The molecule has 1 aromatic heterocycles. The highest BCUT2D eigenvalue weighted by Gasteiger charge is 2.23. The topological polar surface area (TPSA) is 70.5 Å². The number of para-hydroxylation sites is 2. The number of aromatic nitrogens is 2. The van der Waals surface area contributed by atoms with Crippen molar-refractivity contribution in [3.63, 3.8) is 0 Å². The van der Waals surface area contributed by atoms with Gasteiger partial charge in [-0.05, 0) is 42.8 Å². The van der Waals surface area contributed by atoms with E-state index in [1.54, 1.807) is 29.2 Å². The summed E-state index contributed by atoms with van der Waals surface area (Å²) in [6.45, 7) is 4.57. The molecular weight excluding hydrogens is 414 g/mol. The van der Waals surface area contributed by atoms with Crippen molar-refractivity contribution < 1.29 is 9.59 Å². The number of anilines is 1. The number of nitrogens with one attached hydrogen (secondary N) is 1. The maximum Gasteiger partial charge on any atom is 0.321 e. The van der Waals surface area contributed by atoms with Gasteiger partial charge in [0.05, 0.1) is 11.0 Å². The third-order valence-corrected chi connectivity index (χ3v) is 5.83. The normalized spacial score (nSPS) is 14.5. The molecule has 162 valence electrons. The summed E-state index contributed by atoms with van der Waals surface area (Å²) in [5.41, 5.74) is 2.59. The van der Waals surface area contributed by atoms with Crippen LogP contribution in [0.15, 0.2) is 48.5 Å². The SMILES string of the molecule is CCc1nc2ccccc2n1CC(=O)N1CCCN(C(=O)Nc2ccc(Cl)cc2)CC1. The Labute approximate surface area is 186 Å². The van der Waals surface area contributed by atoms with Crippen LogP contribution in [0.25, 0.3) is 11.0 Å². The summed E-state index contributed by atoms with van der Waals surface area (Å²) in [6, 6.07) is 14.8. The second-order valence-corrected chi connectivity index (χ2v) is 8.05. The standard InChI is InChI=1S/C23H26ClN5O2/c1-2-21-26-19-6-3-4-7-20(19)29(21)16-22(30)27-12-5-13-28(15-14-27)23(31)25-18-10-8-17(24)9-11-18/h3-4,6-11H,2,5,12-16H2,1H3,(H,25,31). The lowest BCUT2D eigenvalue weighted by atomic mass is 10.3. The molecule has 1 saturated heterocycles.